The Morgan fingerprint density at radius 2 is 1.76 bits per heavy atom. The van der Waals surface area contributed by atoms with Gasteiger partial charge in [-0.2, -0.15) is 0 Å². The standard InChI is InChI=1S/C12H11Cl3O2/c13-8-4-7(5-9(14)11(8)15)10(12(16)17)6-2-1-3-6/h4-6,10H,1-3H2,(H,16,17). The van der Waals surface area contributed by atoms with Gasteiger partial charge < -0.3 is 5.11 Å². The quantitative estimate of drug-likeness (QED) is 0.826. The van der Waals surface area contributed by atoms with E-state index in [0.29, 0.717) is 15.6 Å². The van der Waals surface area contributed by atoms with Gasteiger partial charge in [0.2, 0.25) is 0 Å². The molecule has 1 aromatic rings. The van der Waals surface area contributed by atoms with Crippen LogP contribution in [0.2, 0.25) is 15.1 Å². The van der Waals surface area contributed by atoms with Gasteiger partial charge >= 0.3 is 5.97 Å². The highest BCUT2D eigenvalue weighted by molar-refractivity contribution is 6.48. The predicted octanol–water partition coefficient (Wildman–Crippen LogP) is 4.62. The Labute approximate surface area is 114 Å². The lowest BCUT2D eigenvalue weighted by Crippen LogP contribution is -2.26. The first-order valence-corrected chi connectivity index (χ1v) is 6.51. The number of benzene rings is 1. The molecule has 0 spiro atoms. The third-order valence-corrected chi connectivity index (χ3v) is 4.45. The van der Waals surface area contributed by atoms with Gasteiger partial charge in [-0.1, -0.05) is 41.2 Å². The zero-order valence-electron chi connectivity index (χ0n) is 8.92. The van der Waals surface area contributed by atoms with E-state index >= 15 is 0 Å². The summed E-state index contributed by atoms with van der Waals surface area (Å²) in [6.45, 7) is 0. The summed E-state index contributed by atoms with van der Waals surface area (Å²) < 4.78 is 0. The summed E-state index contributed by atoms with van der Waals surface area (Å²) in [5.74, 6) is -1.18. The number of aliphatic carboxylic acids is 1. The van der Waals surface area contributed by atoms with Gasteiger partial charge in [-0.05, 0) is 36.5 Å². The molecule has 1 atom stereocenters. The van der Waals surface area contributed by atoms with Crippen molar-refractivity contribution in [1.29, 1.82) is 0 Å². The second-order valence-corrected chi connectivity index (χ2v) is 5.50. The van der Waals surface area contributed by atoms with Gasteiger partial charge in [-0.15, -0.1) is 0 Å². The molecule has 17 heavy (non-hydrogen) atoms. The normalized spacial score (nSPS) is 17.6. The van der Waals surface area contributed by atoms with Crippen LogP contribution in [0.3, 0.4) is 0 Å². The second-order valence-electron chi connectivity index (χ2n) is 4.31. The largest absolute Gasteiger partial charge is 0.481 e. The maximum Gasteiger partial charge on any atom is 0.311 e. The SMILES string of the molecule is O=C(O)C(c1cc(Cl)c(Cl)c(Cl)c1)C1CCC1. The number of carboxylic acid groups (broad SMARTS) is 1. The Bertz CT molecular complexity index is 432. The lowest BCUT2D eigenvalue weighted by Gasteiger charge is -2.31. The lowest BCUT2D eigenvalue weighted by molar-refractivity contribution is -0.141. The number of rotatable bonds is 3. The zero-order valence-corrected chi connectivity index (χ0v) is 11.2. The van der Waals surface area contributed by atoms with E-state index in [1.54, 1.807) is 12.1 Å². The van der Waals surface area contributed by atoms with E-state index < -0.39 is 11.9 Å². The van der Waals surface area contributed by atoms with Crippen molar-refractivity contribution in [2.45, 2.75) is 25.2 Å². The molecule has 92 valence electrons. The summed E-state index contributed by atoms with van der Waals surface area (Å²) in [4.78, 5) is 11.3. The number of carboxylic acids is 1. The zero-order chi connectivity index (χ0) is 12.6. The monoisotopic (exact) mass is 292 g/mol. The minimum atomic E-state index is -0.829. The van der Waals surface area contributed by atoms with E-state index in [4.69, 9.17) is 34.8 Å². The summed E-state index contributed by atoms with van der Waals surface area (Å²) in [5.41, 5.74) is 0.640. The third kappa shape index (κ3) is 2.54. The average molecular weight is 294 g/mol. The molecule has 2 rings (SSSR count). The van der Waals surface area contributed by atoms with E-state index in [9.17, 15) is 9.90 Å². The fourth-order valence-electron chi connectivity index (χ4n) is 2.14. The Balaban J connectivity index is 2.39. The molecule has 0 amide bonds. The molecule has 0 heterocycles. The molecule has 1 fully saturated rings. The van der Waals surface area contributed by atoms with E-state index in [1.165, 1.54) is 0 Å². The molecule has 0 saturated heterocycles. The van der Waals surface area contributed by atoms with E-state index in [1.807, 2.05) is 0 Å². The van der Waals surface area contributed by atoms with Crippen LogP contribution in [0, 0.1) is 5.92 Å². The van der Waals surface area contributed by atoms with Crippen LogP contribution >= 0.6 is 34.8 Å². The fraction of sp³-hybridized carbons (Fsp3) is 0.417. The first-order chi connectivity index (χ1) is 8.00. The van der Waals surface area contributed by atoms with Crippen LogP contribution in [0.15, 0.2) is 12.1 Å². The van der Waals surface area contributed by atoms with E-state index in [-0.39, 0.29) is 10.9 Å². The van der Waals surface area contributed by atoms with E-state index in [2.05, 4.69) is 0 Å². The predicted molar refractivity (Wildman–Crippen MR) is 69.2 cm³/mol. The summed E-state index contributed by atoms with van der Waals surface area (Å²) in [6, 6.07) is 3.21. The summed E-state index contributed by atoms with van der Waals surface area (Å²) in [5, 5.41) is 10.2. The van der Waals surface area contributed by atoms with Gasteiger partial charge in [0, 0.05) is 0 Å². The van der Waals surface area contributed by atoms with Crippen LogP contribution in [0.25, 0.3) is 0 Å². The maximum atomic E-state index is 11.3. The molecule has 0 radical (unpaired) electrons. The molecule has 0 aliphatic heterocycles. The molecule has 0 aromatic heterocycles. The topological polar surface area (TPSA) is 37.3 Å². The molecule has 1 aliphatic rings. The van der Waals surface area contributed by atoms with Crippen molar-refractivity contribution < 1.29 is 9.90 Å². The van der Waals surface area contributed by atoms with Gasteiger partial charge in [-0.25, -0.2) is 0 Å². The Hall–Kier alpha value is -0.440. The van der Waals surface area contributed by atoms with Gasteiger partial charge in [0.05, 0.1) is 21.0 Å². The minimum Gasteiger partial charge on any atom is -0.481 e. The van der Waals surface area contributed by atoms with Crippen molar-refractivity contribution in [3.63, 3.8) is 0 Å². The number of hydrogen-bond donors (Lipinski definition) is 1. The van der Waals surface area contributed by atoms with Crippen LogP contribution < -0.4 is 0 Å². The molecule has 1 saturated carbocycles. The van der Waals surface area contributed by atoms with Crippen LogP contribution in [0.4, 0.5) is 0 Å². The van der Waals surface area contributed by atoms with Gasteiger partial charge in [0.15, 0.2) is 0 Å². The smallest absolute Gasteiger partial charge is 0.311 e. The van der Waals surface area contributed by atoms with Gasteiger partial charge in [-0.3, -0.25) is 4.79 Å². The van der Waals surface area contributed by atoms with Crippen LogP contribution in [0.1, 0.15) is 30.7 Å². The number of carbonyl (C=O) groups is 1. The van der Waals surface area contributed by atoms with Crippen molar-refractivity contribution in [3.8, 4) is 0 Å². The van der Waals surface area contributed by atoms with Crippen LogP contribution in [0.5, 0.6) is 0 Å². The first kappa shape index (κ1) is 13.0. The average Bonchev–Trinajstić information content (AvgIpc) is 2.18. The summed E-state index contributed by atoms with van der Waals surface area (Å²) >= 11 is 17.7. The second kappa shape index (κ2) is 5.05. The van der Waals surface area contributed by atoms with Crippen molar-refractivity contribution >= 4 is 40.8 Å². The fourth-order valence-corrected chi connectivity index (χ4v) is 2.76. The van der Waals surface area contributed by atoms with Crippen LogP contribution in [-0.4, -0.2) is 11.1 Å². The molecule has 1 aliphatic carbocycles. The lowest BCUT2D eigenvalue weighted by atomic mass is 9.73. The highest BCUT2D eigenvalue weighted by atomic mass is 35.5. The first-order valence-electron chi connectivity index (χ1n) is 5.38. The molecule has 2 nitrogen and oxygen atoms in total. The van der Waals surface area contributed by atoms with Crippen molar-refractivity contribution in [2.24, 2.45) is 5.92 Å². The number of halogens is 3. The third-order valence-electron chi connectivity index (χ3n) is 3.25. The highest BCUT2D eigenvalue weighted by Gasteiger charge is 2.34. The van der Waals surface area contributed by atoms with E-state index in [0.717, 1.165) is 19.3 Å². The van der Waals surface area contributed by atoms with Crippen LogP contribution in [-0.2, 0) is 4.79 Å². The molecule has 0 bridgehead atoms. The molecular weight excluding hydrogens is 282 g/mol. The van der Waals surface area contributed by atoms with Gasteiger partial charge in [0.1, 0.15) is 0 Å². The van der Waals surface area contributed by atoms with Crippen molar-refractivity contribution in [1.82, 2.24) is 0 Å². The highest BCUT2D eigenvalue weighted by Crippen LogP contribution is 2.42. The molecule has 5 heteroatoms. The summed E-state index contributed by atoms with van der Waals surface area (Å²) in [7, 11) is 0. The number of hydrogen-bond acceptors (Lipinski definition) is 1. The molecule has 1 N–H and O–H groups in total. The van der Waals surface area contributed by atoms with Gasteiger partial charge in [0.25, 0.3) is 0 Å². The minimum absolute atomic E-state index is 0.181. The van der Waals surface area contributed by atoms with Crippen molar-refractivity contribution in [2.75, 3.05) is 0 Å². The molecule has 1 aromatic carbocycles. The summed E-state index contributed by atoms with van der Waals surface area (Å²) in [6.07, 6.45) is 2.97. The molecule has 1 unspecified atom stereocenters. The Morgan fingerprint density at radius 3 is 2.12 bits per heavy atom. The molecular formula is C12H11Cl3O2. The Morgan fingerprint density at radius 1 is 1.24 bits per heavy atom. The maximum absolute atomic E-state index is 11.3. The van der Waals surface area contributed by atoms with Crippen molar-refractivity contribution in [3.05, 3.63) is 32.8 Å². The Kier molecular flexibility index (Phi) is 3.86.